The van der Waals surface area contributed by atoms with E-state index in [-0.39, 0.29) is 20.1 Å². The molecule has 0 aliphatic carbocycles. The molecule has 9 aromatic rings. The average Bonchev–Trinajstić information content (AvgIpc) is 3.79. The molecule has 4 nitrogen and oxygen atoms in total. The van der Waals surface area contributed by atoms with Crippen LogP contribution in [0, 0.1) is 18.5 Å². The number of hydrogen-bond acceptors (Lipinski definition) is 1. The number of hydrogen-bond donors (Lipinski definition) is 0. The summed E-state index contributed by atoms with van der Waals surface area (Å²) in [6.07, 6.45) is 9.24. The van der Waals surface area contributed by atoms with E-state index in [4.69, 9.17) is 0 Å². The predicted molar refractivity (Wildman–Crippen MR) is 168 cm³/mol. The zero-order valence-electron chi connectivity index (χ0n) is 23.0. The van der Waals surface area contributed by atoms with Crippen LogP contribution >= 0.6 is 0 Å². The Labute approximate surface area is 262 Å². The first-order chi connectivity index (χ1) is 20.8. The van der Waals surface area contributed by atoms with Gasteiger partial charge in [0, 0.05) is 35.0 Å². The first-order valence-electron chi connectivity index (χ1n) is 13.9. The maximum Gasteiger partial charge on any atom is 3.00 e. The van der Waals surface area contributed by atoms with Gasteiger partial charge in [-0.05, 0) is 46.5 Å². The fourth-order valence-corrected chi connectivity index (χ4v) is 5.74. The molecule has 0 saturated carbocycles. The van der Waals surface area contributed by atoms with Crippen molar-refractivity contribution in [2.24, 2.45) is 0 Å². The molecule has 0 bridgehead atoms. The van der Waals surface area contributed by atoms with Crippen molar-refractivity contribution in [1.29, 1.82) is 0 Å². The van der Waals surface area contributed by atoms with E-state index in [0.29, 0.717) is 0 Å². The van der Waals surface area contributed by atoms with E-state index in [1.165, 1.54) is 32.7 Å². The van der Waals surface area contributed by atoms with Gasteiger partial charge in [-0.3, -0.25) is 4.57 Å². The van der Waals surface area contributed by atoms with E-state index in [2.05, 4.69) is 94.6 Å². The van der Waals surface area contributed by atoms with Crippen LogP contribution in [-0.4, -0.2) is 14.0 Å². The first kappa shape index (κ1) is 26.8. The Morgan fingerprint density at radius 1 is 0.651 bits per heavy atom. The SMILES string of the molecule is [Ir+3].[c-]1c(-n2[c-][n+](-c3ccccc3)cc2)ccc2c1c1cccc3c4ccccc4n2c13.[c-]1ccccc1-c1ccccn1. The molecule has 0 radical (unpaired) electrons. The van der Waals surface area contributed by atoms with Gasteiger partial charge in [-0.2, -0.15) is 0 Å². The molecule has 43 heavy (non-hydrogen) atoms. The minimum absolute atomic E-state index is 0. The zero-order valence-corrected chi connectivity index (χ0v) is 25.4. The maximum absolute atomic E-state index is 4.22. The van der Waals surface area contributed by atoms with Gasteiger partial charge in [0.1, 0.15) is 0 Å². The van der Waals surface area contributed by atoms with Crippen molar-refractivity contribution in [2.75, 3.05) is 0 Å². The fraction of sp³-hybridized carbons (Fsp3) is 0. The second-order valence-electron chi connectivity index (χ2n) is 10.1. The van der Waals surface area contributed by atoms with E-state index in [1.54, 1.807) is 6.20 Å². The molecule has 9 rings (SSSR count). The largest absolute Gasteiger partial charge is 3.00 e. The average molecular weight is 729 g/mol. The minimum atomic E-state index is 0. The molecule has 204 valence electrons. The van der Waals surface area contributed by atoms with E-state index in [9.17, 15) is 0 Å². The normalized spacial score (nSPS) is 11.1. The Morgan fingerprint density at radius 3 is 2.28 bits per heavy atom. The van der Waals surface area contributed by atoms with Crippen molar-refractivity contribution < 1.29 is 24.7 Å². The summed E-state index contributed by atoms with van der Waals surface area (Å²) in [7, 11) is 0. The van der Waals surface area contributed by atoms with Crippen molar-refractivity contribution in [3.8, 4) is 22.6 Å². The van der Waals surface area contributed by atoms with Gasteiger partial charge < -0.3 is 14.0 Å². The van der Waals surface area contributed by atoms with Crippen LogP contribution in [0.15, 0.2) is 146 Å². The number of rotatable bonds is 3. The topological polar surface area (TPSA) is 26.1 Å². The summed E-state index contributed by atoms with van der Waals surface area (Å²) in [4.78, 5) is 4.22. The van der Waals surface area contributed by atoms with Gasteiger partial charge in [0.2, 0.25) is 0 Å². The number of nitrogens with zero attached hydrogens (tertiary/aromatic N) is 4. The number of imidazole rings is 1. The number of fused-ring (bicyclic) bond motifs is 6. The van der Waals surface area contributed by atoms with Crippen LogP contribution in [0.2, 0.25) is 0 Å². The summed E-state index contributed by atoms with van der Waals surface area (Å²) in [6.45, 7) is 0. The Kier molecular flexibility index (Phi) is 7.04. The molecular weight excluding hydrogens is 705 g/mol. The molecule has 0 unspecified atom stereocenters. The molecule has 5 aromatic carbocycles. The van der Waals surface area contributed by atoms with Crippen LogP contribution in [0.4, 0.5) is 0 Å². The van der Waals surface area contributed by atoms with Crippen LogP contribution in [0.5, 0.6) is 0 Å². The number of para-hydroxylation sites is 3. The Hall–Kier alpha value is -5.09. The minimum Gasteiger partial charge on any atom is -0.358 e. The van der Waals surface area contributed by atoms with Gasteiger partial charge in [-0.15, -0.1) is 59.5 Å². The second kappa shape index (κ2) is 11.3. The third-order valence-electron chi connectivity index (χ3n) is 7.64. The summed E-state index contributed by atoms with van der Waals surface area (Å²) >= 11 is 0. The molecule has 0 N–H and O–H groups in total. The Morgan fingerprint density at radius 2 is 1.44 bits per heavy atom. The van der Waals surface area contributed by atoms with Crippen molar-refractivity contribution in [3.05, 3.63) is 164 Å². The van der Waals surface area contributed by atoms with Crippen LogP contribution in [0.25, 0.3) is 60.7 Å². The third-order valence-corrected chi connectivity index (χ3v) is 7.64. The molecule has 0 saturated heterocycles. The van der Waals surface area contributed by atoms with Gasteiger partial charge in [0.25, 0.3) is 6.33 Å². The zero-order chi connectivity index (χ0) is 27.9. The quantitative estimate of drug-likeness (QED) is 0.134. The van der Waals surface area contributed by atoms with E-state index >= 15 is 0 Å². The summed E-state index contributed by atoms with van der Waals surface area (Å²) < 4.78 is 6.37. The number of pyridine rings is 1. The van der Waals surface area contributed by atoms with Crippen LogP contribution in [0.3, 0.4) is 0 Å². The van der Waals surface area contributed by atoms with Crippen molar-refractivity contribution in [1.82, 2.24) is 14.0 Å². The first-order valence-corrected chi connectivity index (χ1v) is 13.9. The van der Waals surface area contributed by atoms with Crippen molar-refractivity contribution in [2.45, 2.75) is 0 Å². The molecular formula is C38H24IrN4+. The van der Waals surface area contributed by atoms with Gasteiger partial charge in [0.15, 0.2) is 0 Å². The maximum atomic E-state index is 4.22. The Bertz CT molecular complexity index is 2250. The van der Waals surface area contributed by atoms with Gasteiger partial charge in [-0.1, -0.05) is 72.1 Å². The number of aromatic nitrogens is 4. The van der Waals surface area contributed by atoms with Gasteiger partial charge in [-0.25, -0.2) is 0 Å². The molecule has 0 fully saturated rings. The summed E-state index contributed by atoms with van der Waals surface area (Å²) in [5.74, 6) is 0. The molecule has 4 aromatic heterocycles. The van der Waals surface area contributed by atoms with E-state index in [1.807, 2.05) is 82.2 Å². The van der Waals surface area contributed by atoms with Crippen LogP contribution in [-0.2, 0) is 20.1 Å². The monoisotopic (exact) mass is 729 g/mol. The van der Waals surface area contributed by atoms with E-state index in [0.717, 1.165) is 28.0 Å². The molecule has 0 atom stereocenters. The van der Waals surface area contributed by atoms with Crippen LogP contribution in [0.1, 0.15) is 0 Å². The van der Waals surface area contributed by atoms with Crippen molar-refractivity contribution >= 4 is 38.1 Å². The molecule has 0 aliphatic rings. The summed E-state index contributed by atoms with van der Waals surface area (Å²) in [5, 5.41) is 4.98. The van der Waals surface area contributed by atoms with E-state index < -0.39 is 0 Å². The summed E-state index contributed by atoms with van der Waals surface area (Å²) in [5.41, 5.74) is 7.79. The molecule has 0 amide bonds. The number of benzene rings is 5. The van der Waals surface area contributed by atoms with Crippen LogP contribution < -0.4 is 4.57 Å². The predicted octanol–water partition coefficient (Wildman–Crippen LogP) is 8.05. The smallest absolute Gasteiger partial charge is 0.358 e. The second-order valence-corrected chi connectivity index (χ2v) is 10.1. The third kappa shape index (κ3) is 4.69. The molecule has 0 spiro atoms. The Balaban J connectivity index is 0.000000195. The molecule has 4 heterocycles. The fourth-order valence-electron chi connectivity index (χ4n) is 5.74. The summed E-state index contributed by atoms with van der Waals surface area (Å²) in [6, 6.07) is 50.2. The molecule has 0 aliphatic heterocycles. The van der Waals surface area contributed by atoms with Gasteiger partial charge >= 0.3 is 20.1 Å². The standard InChI is InChI=1S/C27H16N3.C11H8N.Ir/c1-2-7-19(8-3-1)28-15-16-29(18-28)20-13-14-26-24(17-20)23-11-6-10-22-21-9-4-5-12-25(21)30(26)27(22)23;1-2-6-10(7-3-1)11-8-4-5-9-12-11;/h1-16H;1-6,8-9H;/q2*-1;+3. The van der Waals surface area contributed by atoms with Gasteiger partial charge in [0.05, 0.1) is 5.69 Å². The van der Waals surface area contributed by atoms with Crippen molar-refractivity contribution in [3.63, 3.8) is 0 Å². The molecule has 5 heteroatoms.